The Morgan fingerprint density at radius 1 is 0.960 bits per heavy atom. The minimum absolute atomic E-state index is 0.590. The summed E-state index contributed by atoms with van der Waals surface area (Å²) in [4.78, 5) is 11.0. The number of hydrogen-bond acceptors (Lipinski definition) is 4. The minimum Gasteiger partial charge on any atom is -0.260 e. The van der Waals surface area contributed by atoms with Gasteiger partial charge in [0.1, 0.15) is 0 Å². The van der Waals surface area contributed by atoms with E-state index in [1.54, 1.807) is 4.79 Å². The molecule has 124 valence electrons. The van der Waals surface area contributed by atoms with Crippen LogP contribution in [0, 0.1) is 13.8 Å². The van der Waals surface area contributed by atoms with E-state index in [2.05, 4.69) is 20.5 Å². The van der Waals surface area contributed by atoms with Gasteiger partial charge in [0.05, 0.1) is 16.7 Å². The molecule has 4 aromatic rings. The monoisotopic (exact) mass is 349 g/mol. The topological polar surface area (TPSA) is 55.6 Å². The van der Waals surface area contributed by atoms with Gasteiger partial charge in [0.25, 0.3) is 0 Å². The number of fused-ring (bicyclic) bond motifs is 1. The minimum atomic E-state index is 0.590. The van der Waals surface area contributed by atoms with Gasteiger partial charge in [-0.25, -0.2) is 9.97 Å². The molecule has 0 fully saturated rings. The number of benzene rings is 2. The molecule has 0 aliphatic heterocycles. The summed E-state index contributed by atoms with van der Waals surface area (Å²) in [7, 11) is 0. The number of nitrogens with one attached hydrogen (secondary N) is 1. The molecule has 0 unspecified atom stereocenters. The fraction of sp³-hybridized carbons (Fsp3) is 0.105. The van der Waals surface area contributed by atoms with Crippen LogP contribution in [0.1, 0.15) is 11.3 Å². The number of rotatable bonds is 3. The molecule has 2 aromatic carbocycles. The van der Waals surface area contributed by atoms with Crippen molar-refractivity contribution in [2.75, 3.05) is 5.43 Å². The van der Waals surface area contributed by atoms with Crippen molar-refractivity contribution < 1.29 is 0 Å². The summed E-state index contributed by atoms with van der Waals surface area (Å²) >= 11 is 6.31. The van der Waals surface area contributed by atoms with E-state index in [-0.39, 0.29) is 0 Å². The Balaban J connectivity index is 1.81. The Hall–Kier alpha value is -2.92. The third-order valence-electron chi connectivity index (χ3n) is 4.19. The maximum atomic E-state index is 6.31. The van der Waals surface area contributed by atoms with Crippen LogP contribution in [0.3, 0.4) is 0 Å². The van der Waals surface area contributed by atoms with E-state index in [9.17, 15) is 0 Å². The van der Waals surface area contributed by atoms with Crippen molar-refractivity contribution in [3.05, 3.63) is 71.0 Å². The summed E-state index contributed by atoms with van der Waals surface area (Å²) in [5.41, 5.74) is 6.93. The number of hydrogen-bond donors (Lipinski definition) is 1. The van der Waals surface area contributed by atoms with Crippen molar-refractivity contribution in [3.63, 3.8) is 0 Å². The fourth-order valence-corrected chi connectivity index (χ4v) is 2.88. The van der Waals surface area contributed by atoms with E-state index in [1.165, 1.54) is 0 Å². The van der Waals surface area contributed by atoms with Gasteiger partial charge in [0, 0.05) is 22.2 Å². The second-order valence-corrected chi connectivity index (χ2v) is 6.22. The summed E-state index contributed by atoms with van der Waals surface area (Å²) in [5, 5.41) is 6.09. The quantitative estimate of drug-likeness (QED) is 0.585. The molecule has 0 bridgehead atoms. The summed E-state index contributed by atoms with van der Waals surface area (Å²) < 4.78 is 0. The van der Waals surface area contributed by atoms with Gasteiger partial charge in [-0.05, 0) is 32.0 Å². The second-order valence-electron chi connectivity index (χ2n) is 5.81. The van der Waals surface area contributed by atoms with Gasteiger partial charge >= 0.3 is 0 Å². The number of halogens is 1. The molecule has 6 heteroatoms. The first-order valence-electron chi connectivity index (χ1n) is 7.93. The first kappa shape index (κ1) is 15.6. The Morgan fingerprint density at radius 3 is 2.56 bits per heavy atom. The standard InChI is InChI=1S/C19H16ClN5/c1-12-13(2)22-19(15-8-4-5-9-16(15)20)23-18(12)24-25-17-10-6-3-7-14(17)11-21-25/h3-11H,1-2H3,(H,22,23,24). The largest absolute Gasteiger partial charge is 0.260 e. The number of anilines is 1. The zero-order valence-corrected chi connectivity index (χ0v) is 14.6. The van der Waals surface area contributed by atoms with Gasteiger partial charge in [-0.15, -0.1) is 0 Å². The highest BCUT2D eigenvalue weighted by atomic mass is 35.5. The van der Waals surface area contributed by atoms with Crippen LogP contribution in [0.4, 0.5) is 5.82 Å². The fourth-order valence-electron chi connectivity index (χ4n) is 2.66. The van der Waals surface area contributed by atoms with Crippen LogP contribution in [-0.4, -0.2) is 19.9 Å². The lowest BCUT2D eigenvalue weighted by molar-refractivity contribution is 0.818. The van der Waals surface area contributed by atoms with E-state index < -0.39 is 0 Å². The van der Waals surface area contributed by atoms with Crippen molar-refractivity contribution in [1.82, 2.24) is 19.9 Å². The molecule has 5 nitrogen and oxygen atoms in total. The molecule has 0 saturated carbocycles. The molecule has 0 spiro atoms. The van der Waals surface area contributed by atoms with Gasteiger partial charge in [-0.1, -0.05) is 41.9 Å². The van der Waals surface area contributed by atoms with Crippen LogP contribution in [0.5, 0.6) is 0 Å². The number of aryl methyl sites for hydroxylation is 1. The normalized spacial score (nSPS) is 11.0. The second kappa shape index (κ2) is 6.18. The summed E-state index contributed by atoms with van der Waals surface area (Å²) in [6.07, 6.45) is 1.82. The van der Waals surface area contributed by atoms with E-state index >= 15 is 0 Å². The van der Waals surface area contributed by atoms with Crippen LogP contribution >= 0.6 is 11.6 Å². The van der Waals surface area contributed by atoms with Crippen molar-refractivity contribution in [3.8, 4) is 11.4 Å². The first-order valence-corrected chi connectivity index (χ1v) is 8.31. The van der Waals surface area contributed by atoms with Gasteiger partial charge in [0.15, 0.2) is 11.6 Å². The summed E-state index contributed by atoms with van der Waals surface area (Å²) in [6.45, 7) is 3.95. The van der Waals surface area contributed by atoms with Crippen molar-refractivity contribution >= 4 is 28.3 Å². The average Bonchev–Trinajstić information content (AvgIpc) is 3.02. The predicted octanol–water partition coefficient (Wildman–Crippen LogP) is 4.64. The SMILES string of the molecule is Cc1nc(-c2ccccc2Cl)nc(Nn2ncc3ccccc32)c1C. The van der Waals surface area contributed by atoms with E-state index in [4.69, 9.17) is 11.6 Å². The maximum absolute atomic E-state index is 6.31. The molecule has 0 atom stereocenters. The molecule has 4 rings (SSSR count). The van der Waals surface area contributed by atoms with Crippen molar-refractivity contribution in [2.24, 2.45) is 0 Å². The molecular formula is C19H16ClN5. The van der Waals surface area contributed by atoms with Gasteiger partial charge < -0.3 is 0 Å². The zero-order chi connectivity index (χ0) is 17.4. The molecule has 0 radical (unpaired) electrons. The number of aromatic nitrogens is 4. The van der Waals surface area contributed by atoms with Crippen molar-refractivity contribution in [1.29, 1.82) is 0 Å². The van der Waals surface area contributed by atoms with Crippen LogP contribution in [0.25, 0.3) is 22.3 Å². The number of nitrogens with zero attached hydrogens (tertiary/aromatic N) is 4. The Labute approximate surface area is 150 Å². The highest BCUT2D eigenvalue weighted by Gasteiger charge is 2.13. The third kappa shape index (κ3) is 2.83. The summed E-state index contributed by atoms with van der Waals surface area (Å²) in [6, 6.07) is 15.6. The molecule has 2 heterocycles. The first-order chi connectivity index (χ1) is 12.1. The number of para-hydroxylation sites is 1. The predicted molar refractivity (Wildman–Crippen MR) is 101 cm³/mol. The molecular weight excluding hydrogens is 334 g/mol. The van der Waals surface area contributed by atoms with Gasteiger partial charge in [-0.3, -0.25) is 5.43 Å². The smallest absolute Gasteiger partial charge is 0.163 e. The molecule has 25 heavy (non-hydrogen) atoms. The third-order valence-corrected chi connectivity index (χ3v) is 4.52. The molecule has 2 aromatic heterocycles. The van der Waals surface area contributed by atoms with Crippen LogP contribution in [0.2, 0.25) is 5.02 Å². The lowest BCUT2D eigenvalue weighted by atomic mass is 10.2. The highest BCUT2D eigenvalue weighted by Crippen LogP contribution is 2.27. The van der Waals surface area contributed by atoms with Crippen LogP contribution < -0.4 is 5.43 Å². The van der Waals surface area contributed by atoms with E-state index in [1.807, 2.05) is 68.6 Å². The maximum Gasteiger partial charge on any atom is 0.163 e. The molecule has 1 N–H and O–H groups in total. The molecule has 0 aliphatic rings. The van der Waals surface area contributed by atoms with Gasteiger partial charge in [0.2, 0.25) is 0 Å². The van der Waals surface area contributed by atoms with E-state index in [0.717, 1.165) is 27.7 Å². The van der Waals surface area contributed by atoms with Crippen LogP contribution in [0.15, 0.2) is 54.7 Å². The summed E-state index contributed by atoms with van der Waals surface area (Å²) in [5.74, 6) is 1.30. The average molecular weight is 350 g/mol. The zero-order valence-electron chi connectivity index (χ0n) is 13.9. The Morgan fingerprint density at radius 2 is 1.72 bits per heavy atom. The molecule has 0 amide bonds. The van der Waals surface area contributed by atoms with E-state index in [0.29, 0.717) is 16.7 Å². The lowest BCUT2D eigenvalue weighted by Gasteiger charge is -2.13. The van der Waals surface area contributed by atoms with Crippen LogP contribution in [-0.2, 0) is 0 Å². The Kier molecular flexibility index (Phi) is 3.86. The lowest BCUT2D eigenvalue weighted by Crippen LogP contribution is -2.14. The molecule has 0 saturated heterocycles. The van der Waals surface area contributed by atoms with Crippen molar-refractivity contribution in [2.45, 2.75) is 13.8 Å². The molecule has 0 aliphatic carbocycles. The van der Waals surface area contributed by atoms with Gasteiger partial charge in [-0.2, -0.15) is 9.89 Å². The highest BCUT2D eigenvalue weighted by molar-refractivity contribution is 6.33. The Bertz CT molecular complexity index is 1070.